The van der Waals surface area contributed by atoms with Gasteiger partial charge in [-0.15, -0.1) is 0 Å². The lowest BCUT2D eigenvalue weighted by atomic mass is 9.79. The predicted octanol–water partition coefficient (Wildman–Crippen LogP) is 6.42. The fourth-order valence-corrected chi connectivity index (χ4v) is 3.46. The highest BCUT2D eigenvalue weighted by atomic mass is 14.7. The van der Waals surface area contributed by atoms with Crippen LogP contribution in [0.2, 0.25) is 0 Å². The predicted molar refractivity (Wildman–Crippen MR) is 105 cm³/mol. The molecule has 2 aromatic rings. The summed E-state index contributed by atoms with van der Waals surface area (Å²) >= 11 is 0. The third-order valence-corrected chi connectivity index (χ3v) is 5.00. The monoisotopic (exact) mass is 323 g/mol. The van der Waals surface area contributed by atoms with Crippen LogP contribution < -0.4 is 5.73 Å². The van der Waals surface area contributed by atoms with Gasteiger partial charge in [0.25, 0.3) is 0 Å². The van der Waals surface area contributed by atoms with Gasteiger partial charge in [-0.05, 0) is 17.5 Å². The molecule has 0 saturated heterocycles. The highest BCUT2D eigenvalue weighted by Gasteiger charge is 2.28. The molecule has 0 unspecified atom stereocenters. The average molecular weight is 324 g/mol. The fraction of sp³-hybridized carbons (Fsp3) is 0.478. The molecule has 0 aliphatic heterocycles. The quantitative estimate of drug-likeness (QED) is 0.474. The van der Waals surface area contributed by atoms with Crippen LogP contribution in [0.5, 0.6) is 0 Å². The first-order chi connectivity index (χ1) is 11.8. The first-order valence-corrected chi connectivity index (χ1v) is 9.67. The van der Waals surface area contributed by atoms with Gasteiger partial charge in [0.05, 0.1) is 5.54 Å². The number of hydrogen-bond donors (Lipinski definition) is 1. The van der Waals surface area contributed by atoms with Crippen molar-refractivity contribution < 1.29 is 0 Å². The van der Waals surface area contributed by atoms with E-state index in [0.29, 0.717) is 0 Å². The van der Waals surface area contributed by atoms with Gasteiger partial charge in [-0.2, -0.15) is 0 Å². The largest absolute Gasteiger partial charge is 0.318 e. The molecule has 0 saturated carbocycles. The molecule has 130 valence electrons. The zero-order valence-corrected chi connectivity index (χ0v) is 15.2. The van der Waals surface area contributed by atoms with E-state index in [1.807, 2.05) is 0 Å². The van der Waals surface area contributed by atoms with Gasteiger partial charge in [-0.25, -0.2) is 0 Å². The van der Waals surface area contributed by atoms with Gasteiger partial charge in [-0.1, -0.05) is 119 Å². The van der Waals surface area contributed by atoms with Crippen LogP contribution in [-0.2, 0) is 5.54 Å². The Kier molecular flexibility index (Phi) is 8.04. The molecule has 0 bridgehead atoms. The lowest BCUT2D eigenvalue weighted by Gasteiger charge is -2.31. The van der Waals surface area contributed by atoms with Crippen molar-refractivity contribution in [2.45, 2.75) is 70.3 Å². The topological polar surface area (TPSA) is 26.0 Å². The van der Waals surface area contributed by atoms with Crippen molar-refractivity contribution in [1.82, 2.24) is 0 Å². The van der Waals surface area contributed by atoms with Crippen LogP contribution in [0.15, 0.2) is 60.7 Å². The van der Waals surface area contributed by atoms with E-state index in [1.165, 1.54) is 62.5 Å². The van der Waals surface area contributed by atoms with Crippen LogP contribution in [-0.4, -0.2) is 0 Å². The Hall–Kier alpha value is -1.60. The van der Waals surface area contributed by atoms with E-state index >= 15 is 0 Å². The van der Waals surface area contributed by atoms with Crippen LogP contribution in [0.25, 0.3) is 0 Å². The highest BCUT2D eigenvalue weighted by Crippen LogP contribution is 2.32. The fourth-order valence-electron chi connectivity index (χ4n) is 3.46. The summed E-state index contributed by atoms with van der Waals surface area (Å²) in [6.45, 7) is 2.27. The van der Waals surface area contributed by atoms with Crippen LogP contribution in [0, 0.1) is 0 Å². The van der Waals surface area contributed by atoms with Crippen molar-refractivity contribution in [1.29, 1.82) is 0 Å². The van der Waals surface area contributed by atoms with E-state index in [1.54, 1.807) is 0 Å². The van der Waals surface area contributed by atoms with Crippen LogP contribution in [0.4, 0.5) is 0 Å². The lowest BCUT2D eigenvalue weighted by molar-refractivity contribution is 0.451. The summed E-state index contributed by atoms with van der Waals surface area (Å²) in [5, 5.41) is 0. The number of rotatable bonds is 11. The van der Waals surface area contributed by atoms with Gasteiger partial charge in [0.2, 0.25) is 0 Å². The molecule has 1 heteroatoms. The summed E-state index contributed by atoms with van der Waals surface area (Å²) in [7, 11) is 0. The molecule has 0 heterocycles. The minimum Gasteiger partial charge on any atom is -0.318 e. The molecule has 0 aliphatic carbocycles. The van der Waals surface area contributed by atoms with Crippen molar-refractivity contribution in [2.75, 3.05) is 0 Å². The second kappa shape index (κ2) is 10.3. The minimum atomic E-state index is -0.370. The van der Waals surface area contributed by atoms with Crippen molar-refractivity contribution in [2.24, 2.45) is 5.73 Å². The Morgan fingerprint density at radius 2 is 1.04 bits per heavy atom. The van der Waals surface area contributed by atoms with Gasteiger partial charge in [0, 0.05) is 0 Å². The van der Waals surface area contributed by atoms with Crippen molar-refractivity contribution in [3.05, 3.63) is 71.8 Å². The van der Waals surface area contributed by atoms with Gasteiger partial charge < -0.3 is 5.73 Å². The standard InChI is InChI=1S/C23H33N/c1-2-3-4-5-6-7-8-15-20-23(24,21-16-11-9-12-17-21)22-18-13-10-14-19-22/h9-14,16-19H,2-8,15,20,24H2,1H3. The minimum absolute atomic E-state index is 0.370. The van der Waals surface area contributed by atoms with E-state index < -0.39 is 0 Å². The molecule has 0 atom stereocenters. The average Bonchev–Trinajstić information content (AvgIpc) is 2.65. The molecule has 0 spiro atoms. The SMILES string of the molecule is CCCCCCCCCCC(N)(c1ccccc1)c1ccccc1. The third-order valence-electron chi connectivity index (χ3n) is 5.00. The van der Waals surface area contributed by atoms with E-state index in [-0.39, 0.29) is 5.54 Å². The van der Waals surface area contributed by atoms with E-state index in [9.17, 15) is 0 Å². The highest BCUT2D eigenvalue weighted by molar-refractivity contribution is 5.37. The Bertz CT molecular complexity index is 507. The maximum absolute atomic E-state index is 6.92. The molecule has 0 radical (unpaired) electrons. The second-order valence-electron chi connectivity index (χ2n) is 6.93. The summed E-state index contributed by atoms with van der Waals surface area (Å²) in [6, 6.07) is 21.1. The second-order valence-corrected chi connectivity index (χ2v) is 6.93. The summed E-state index contributed by atoms with van der Waals surface area (Å²) in [5.74, 6) is 0. The van der Waals surface area contributed by atoms with Gasteiger partial charge >= 0.3 is 0 Å². The molecular weight excluding hydrogens is 290 g/mol. The molecule has 0 fully saturated rings. The first kappa shape index (κ1) is 18.7. The van der Waals surface area contributed by atoms with Gasteiger partial charge in [-0.3, -0.25) is 0 Å². The molecular formula is C23H33N. The zero-order valence-electron chi connectivity index (χ0n) is 15.2. The molecule has 0 aliphatic rings. The molecule has 24 heavy (non-hydrogen) atoms. The van der Waals surface area contributed by atoms with E-state index in [2.05, 4.69) is 67.6 Å². The molecule has 0 aromatic heterocycles. The Balaban J connectivity index is 1.91. The van der Waals surface area contributed by atoms with Gasteiger partial charge in [0.1, 0.15) is 0 Å². The maximum atomic E-state index is 6.92. The van der Waals surface area contributed by atoms with Crippen LogP contribution in [0.1, 0.15) is 75.8 Å². The number of nitrogens with two attached hydrogens (primary N) is 1. The summed E-state index contributed by atoms with van der Waals surface area (Å²) in [5.41, 5.74) is 8.99. The summed E-state index contributed by atoms with van der Waals surface area (Å²) in [4.78, 5) is 0. The molecule has 2 N–H and O–H groups in total. The molecule has 2 rings (SSSR count). The van der Waals surface area contributed by atoms with Crippen molar-refractivity contribution in [3.8, 4) is 0 Å². The normalized spacial score (nSPS) is 11.6. The van der Waals surface area contributed by atoms with Crippen molar-refractivity contribution in [3.63, 3.8) is 0 Å². The van der Waals surface area contributed by atoms with Crippen LogP contribution in [0.3, 0.4) is 0 Å². The number of unbranched alkanes of at least 4 members (excludes halogenated alkanes) is 7. The molecule has 0 amide bonds. The third kappa shape index (κ3) is 5.49. The number of hydrogen-bond acceptors (Lipinski definition) is 1. The van der Waals surface area contributed by atoms with Crippen molar-refractivity contribution >= 4 is 0 Å². The lowest BCUT2D eigenvalue weighted by Crippen LogP contribution is -2.37. The summed E-state index contributed by atoms with van der Waals surface area (Å²) in [6.07, 6.45) is 11.7. The smallest absolute Gasteiger partial charge is 0.0665 e. The van der Waals surface area contributed by atoms with E-state index in [0.717, 1.165) is 6.42 Å². The Morgan fingerprint density at radius 3 is 1.50 bits per heavy atom. The zero-order chi connectivity index (χ0) is 17.1. The van der Waals surface area contributed by atoms with E-state index in [4.69, 9.17) is 5.73 Å². The summed E-state index contributed by atoms with van der Waals surface area (Å²) < 4.78 is 0. The molecule has 2 aromatic carbocycles. The van der Waals surface area contributed by atoms with Crippen LogP contribution >= 0.6 is 0 Å². The Morgan fingerprint density at radius 1 is 0.625 bits per heavy atom. The first-order valence-electron chi connectivity index (χ1n) is 9.67. The number of benzene rings is 2. The van der Waals surface area contributed by atoms with Gasteiger partial charge in [0.15, 0.2) is 0 Å². The Labute approximate surface area is 148 Å². The maximum Gasteiger partial charge on any atom is 0.0665 e. The molecule has 1 nitrogen and oxygen atoms in total.